The van der Waals surface area contributed by atoms with E-state index in [9.17, 15) is 13.2 Å². The van der Waals surface area contributed by atoms with Gasteiger partial charge in [-0.3, -0.25) is 4.98 Å². The second kappa shape index (κ2) is 4.04. The van der Waals surface area contributed by atoms with Crippen LogP contribution in [0.3, 0.4) is 0 Å². The lowest BCUT2D eigenvalue weighted by molar-refractivity contribution is -0.139. The fourth-order valence-corrected chi connectivity index (χ4v) is 1.22. The first-order valence-electron chi connectivity index (χ1n) is 3.64. The summed E-state index contributed by atoms with van der Waals surface area (Å²) in [6.45, 7) is 0. The minimum atomic E-state index is -4.47. The summed E-state index contributed by atoms with van der Waals surface area (Å²) in [5, 5.41) is 0. The Labute approximate surface area is 83.7 Å². The number of halogens is 4. The molecule has 2 nitrogen and oxygen atoms in total. The first kappa shape index (κ1) is 11.1. The molecule has 0 saturated carbocycles. The summed E-state index contributed by atoms with van der Waals surface area (Å²) in [6, 6.07) is 0. The van der Waals surface area contributed by atoms with Gasteiger partial charge in [-0.25, -0.2) is 0 Å². The average molecular weight is 226 g/mol. The number of hydrogen-bond acceptors (Lipinski definition) is 2. The van der Waals surface area contributed by atoms with Gasteiger partial charge >= 0.3 is 6.18 Å². The molecule has 0 aliphatic rings. The molecule has 0 N–H and O–H groups in total. The topological polar surface area (TPSA) is 22.1 Å². The van der Waals surface area contributed by atoms with E-state index in [1.165, 1.54) is 13.3 Å². The minimum absolute atomic E-state index is 0.0694. The highest BCUT2D eigenvalue weighted by Gasteiger charge is 2.35. The third kappa shape index (κ3) is 2.09. The molecule has 1 heterocycles. The molecule has 0 amide bonds. The van der Waals surface area contributed by atoms with Crippen molar-refractivity contribution >= 4 is 11.6 Å². The van der Waals surface area contributed by atoms with Crippen LogP contribution < -0.4 is 4.74 Å². The number of methoxy groups -OCH3 is 1. The Balaban J connectivity index is 3.29. The maximum Gasteiger partial charge on any atom is 0.421 e. The van der Waals surface area contributed by atoms with Crippen LogP contribution in [-0.2, 0) is 12.1 Å². The van der Waals surface area contributed by atoms with Crippen LogP contribution in [0.1, 0.15) is 11.1 Å². The summed E-state index contributed by atoms with van der Waals surface area (Å²) < 4.78 is 41.8. The van der Waals surface area contributed by atoms with Crippen molar-refractivity contribution < 1.29 is 17.9 Å². The largest absolute Gasteiger partial charge is 0.496 e. The van der Waals surface area contributed by atoms with Crippen LogP contribution in [-0.4, -0.2) is 12.1 Å². The van der Waals surface area contributed by atoms with Crippen LogP contribution >= 0.6 is 11.6 Å². The lowest BCUT2D eigenvalue weighted by Crippen LogP contribution is -2.09. The monoisotopic (exact) mass is 225 g/mol. The van der Waals surface area contributed by atoms with E-state index in [4.69, 9.17) is 11.6 Å². The van der Waals surface area contributed by atoms with Crippen molar-refractivity contribution in [3.05, 3.63) is 23.5 Å². The number of hydrogen-bond donors (Lipinski definition) is 0. The molecule has 6 heteroatoms. The Kier molecular flexibility index (Phi) is 3.21. The van der Waals surface area contributed by atoms with E-state index in [0.717, 1.165) is 6.20 Å². The Morgan fingerprint density at radius 3 is 2.50 bits per heavy atom. The quantitative estimate of drug-likeness (QED) is 0.722. The maximum atomic E-state index is 12.4. The van der Waals surface area contributed by atoms with E-state index in [1.807, 2.05) is 0 Å². The summed E-state index contributed by atoms with van der Waals surface area (Å²) in [7, 11) is 1.17. The molecule has 78 valence electrons. The van der Waals surface area contributed by atoms with Gasteiger partial charge in [-0.2, -0.15) is 13.2 Å². The van der Waals surface area contributed by atoms with Gasteiger partial charge < -0.3 is 4.74 Å². The van der Waals surface area contributed by atoms with Crippen LogP contribution in [0, 0.1) is 0 Å². The Morgan fingerprint density at radius 1 is 1.43 bits per heavy atom. The second-order valence-corrected chi connectivity index (χ2v) is 2.78. The fraction of sp³-hybridized carbons (Fsp3) is 0.375. The number of pyridine rings is 1. The molecular weight excluding hydrogens is 219 g/mol. The van der Waals surface area contributed by atoms with Crippen LogP contribution in [0.2, 0.25) is 0 Å². The summed E-state index contributed by atoms with van der Waals surface area (Å²) in [6.07, 6.45) is -2.50. The second-order valence-electron chi connectivity index (χ2n) is 2.51. The molecule has 1 aromatic heterocycles. The van der Waals surface area contributed by atoms with Gasteiger partial charge in [-0.15, -0.1) is 11.6 Å². The molecule has 14 heavy (non-hydrogen) atoms. The highest BCUT2D eigenvalue weighted by atomic mass is 35.5. The number of rotatable bonds is 2. The molecule has 0 aliphatic heterocycles. The van der Waals surface area contributed by atoms with Crippen LogP contribution in [0.5, 0.6) is 5.75 Å². The molecule has 0 unspecified atom stereocenters. The van der Waals surface area contributed by atoms with E-state index in [1.54, 1.807) is 0 Å². The number of alkyl halides is 4. The van der Waals surface area contributed by atoms with Gasteiger partial charge in [-0.05, 0) is 0 Å². The zero-order valence-electron chi connectivity index (χ0n) is 7.23. The zero-order valence-corrected chi connectivity index (χ0v) is 7.99. The van der Waals surface area contributed by atoms with Crippen molar-refractivity contribution in [2.24, 2.45) is 0 Å². The van der Waals surface area contributed by atoms with Crippen LogP contribution in [0.15, 0.2) is 12.4 Å². The Morgan fingerprint density at radius 2 is 2.07 bits per heavy atom. The van der Waals surface area contributed by atoms with Gasteiger partial charge in [0.1, 0.15) is 11.3 Å². The van der Waals surface area contributed by atoms with Crippen LogP contribution in [0.4, 0.5) is 13.2 Å². The number of ether oxygens (including phenoxy) is 1. The Hall–Kier alpha value is -0.970. The third-order valence-corrected chi connectivity index (χ3v) is 1.91. The SMILES string of the molecule is COc1c(CCl)cncc1C(F)(F)F. The lowest BCUT2D eigenvalue weighted by atomic mass is 10.2. The van der Waals surface area contributed by atoms with Crippen molar-refractivity contribution in [1.29, 1.82) is 0 Å². The zero-order chi connectivity index (χ0) is 10.8. The van der Waals surface area contributed by atoms with Crippen molar-refractivity contribution in [2.45, 2.75) is 12.1 Å². The molecule has 1 aromatic rings. The standard InChI is InChI=1S/C8H7ClF3NO/c1-14-7-5(2-9)3-13-4-6(7)8(10,11)12/h3-4H,2H2,1H3. The van der Waals surface area contributed by atoms with Gasteiger partial charge in [0.05, 0.1) is 13.0 Å². The highest BCUT2D eigenvalue weighted by molar-refractivity contribution is 6.17. The normalized spacial score (nSPS) is 11.5. The van der Waals surface area contributed by atoms with E-state index < -0.39 is 11.7 Å². The van der Waals surface area contributed by atoms with Gasteiger partial charge in [0, 0.05) is 18.0 Å². The van der Waals surface area contributed by atoms with Crippen molar-refractivity contribution in [3.8, 4) is 5.75 Å². The minimum Gasteiger partial charge on any atom is -0.496 e. The van der Waals surface area contributed by atoms with E-state index in [2.05, 4.69) is 9.72 Å². The molecule has 0 fully saturated rings. The van der Waals surface area contributed by atoms with Gasteiger partial charge in [0.2, 0.25) is 0 Å². The molecule has 0 radical (unpaired) electrons. The molecular formula is C8H7ClF3NO. The summed E-state index contributed by atoms with van der Waals surface area (Å²) in [4.78, 5) is 3.45. The van der Waals surface area contributed by atoms with E-state index in [-0.39, 0.29) is 17.2 Å². The smallest absolute Gasteiger partial charge is 0.421 e. The van der Waals surface area contributed by atoms with Crippen molar-refractivity contribution in [2.75, 3.05) is 7.11 Å². The van der Waals surface area contributed by atoms with Gasteiger partial charge in [0.15, 0.2) is 0 Å². The first-order chi connectivity index (χ1) is 6.50. The molecule has 0 aromatic carbocycles. The number of aromatic nitrogens is 1. The summed E-state index contributed by atoms with van der Waals surface area (Å²) in [5.41, 5.74) is -0.679. The molecule has 1 rings (SSSR count). The van der Waals surface area contributed by atoms with Crippen LogP contribution in [0.25, 0.3) is 0 Å². The predicted octanol–water partition coefficient (Wildman–Crippen LogP) is 2.85. The van der Waals surface area contributed by atoms with Crippen molar-refractivity contribution in [3.63, 3.8) is 0 Å². The predicted molar refractivity (Wildman–Crippen MR) is 45.3 cm³/mol. The third-order valence-electron chi connectivity index (χ3n) is 1.62. The number of nitrogens with zero attached hydrogens (tertiary/aromatic N) is 1. The Bertz CT molecular complexity index is 327. The fourth-order valence-electron chi connectivity index (χ4n) is 1.03. The molecule has 0 atom stereocenters. The molecule has 0 spiro atoms. The first-order valence-corrected chi connectivity index (χ1v) is 4.18. The maximum absolute atomic E-state index is 12.4. The molecule has 0 aliphatic carbocycles. The highest BCUT2D eigenvalue weighted by Crippen LogP contribution is 2.37. The summed E-state index contributed by atoms with van der Waals surface area (Å²) >= 11 is 5.45. The average Bonchev–Trinajstić information content (AvgIpc) is 2.15. The van der Waals surface area contributed by atoms with Gasteiger partial charge in [-0.1, -0.05) is 0 Å². The van der Waals surface area contributed by atoms with E-state index in [0.29, 0.717) is 0 Å². The lowest BCUT2D eigenvalue weighted by Gasteiger charge is -2.13. The van der Waals surface area contributed by atoms with Crippen molar-refractivity contribution in [1.82, 2.24) is 4.98 Å². The molecule has 0 saturated heterocycles. The van der Waals surface area contributed by atoms with E-state index >= 15 is 0 Å². The molecule has 0 bridgehead atoms. The summed E-state index contributed by atoms with van der Waals surface area (Å²) in [5.74, 6) is -0.331. The van der Waals surface area contributed by atoms with Gasteiger partial charge in [0.25, 0.3) is 0 Å².